The maximum atomic E-state index is 5.77. The minimum Gasteiger partial charge on any atom is -0.377 e. The lowest BCUT2D eigenvalue weighted by Gasteiger charge is -2.22. The van der Waals surface area contributed by atoms with E-state index in [9.17, 15) is 0 Å². The standard InChI is InChI=1S/C11H23NO/c1-10(2)12-8-9-13-11-6-4-3-5-7-11/h10-12H,3-9H2,1-2H3. The van der Waals surface area contributed by atoms with Crippen LogP contribution >= 0.6 is 0 Å². The fraction of sp³-hybridized carbons (Fsp3) is 1.00. The molecule has 0 aromatic rings. The van der Waals surface area contributed by atoms with Crippen LogP contribution in [0.4, 0.5) is 0 Å². The Morgan fingerprint density at radius 2 is 1.92 bits per heavy atom. The molecule has 2 nitrogen and oxygen atoms in total. The molecule has 0 heterocycles. The van der Waals surface area contributed by atoms with Gasteiger partial charge >= 0.3 is 0 Å². The molecule has 0 radical (unpaired) electrons. The third kappa shape index (κ3) is 5.27. The Balaban J connectivity index is 1.92. The van der Waals surface area contributed by atoms with Crippen molar-refractivity contribution in [1.82, 2.24) is 5.32 Å². The second kappa shape index (κ2) is 6.39. The van der Waals surface area contributed by atoms with E-state index in [1.165, 1.54) is 32.1 Å². The maximum Gasteiger partial charge on any atom is 0.0594 e. The summed E-state index contributed by atoms with van der Waals surface area (Å²) in [5.74, 6) is 0. The van der Waals surface area contributed by atoms with Crippen LogP contribution in [0.25, 0.3) is 0 Å². The highest BCUT2D eigenvalue weighted by Crippen LogP contribution is 2.19. The first-order valence-electron chi connectivity index (χ1n) is 5.64. The van der Waals surface area contributed by atoms with E-state index in [2.05, 4.69) is 19.2 Å². The summed E-state index contributed by atoms with van der Waals surface area (Å²) in [7, 11) is 0. The van der Waals surface area contributed by atoms with E-state index in [0.717, 1.165) is 13.2 Å². The van der Waals surface area contributed by atoms with Crippen molar-refractivity contribution < 1.29 is 4.74 Å². The van der Waals surface area contributed by atoms with Crippen molar-refractivity contribution >= 4 is 0 Å². The van der Waals surface area contributed by atoms with Crippen LogP contribution in [0.3, 0.4) is 0 Å². The Bertz CT molecular complexity index is 119. The van der Waals surface area contributed by atoms with Crippen LogP contribution in [0.1, 0.15) is 46.0 Å². The van der Waals surface area contributed by atoms with Gasteiger partial charge in [0.15, 0.2) is 0 Å². The van der Waals surface area contributed by atoms with Crippen molar-refractivity contribution in [2.75, 3.05) is 13.2 Å². The van der Waals surface area contributed by atoms with Crippen molar-refractivity contribution in [3.05, 3.63) is 0 Å². The highest BCUT2D eigenvalue weighted by atomic mass is 16.5. The molecule has 0 aromatic heterocycles. The van der Waals surface area contributed by atoms with E-state index < -0.39 is 0 Å². The molecule has 1 rings (SSSR count). The summed E-state index contributed by atoms with van der Waals surface area (Å²) >= 11 is 0. The summed E-state index contributed by atoms with van der Waals surface area (Å²) in [4.78, 5) is 0. The number of rotatable bonds is 5. The van der Waals surface area contributed by atoms with Gasteiger partial charge in [-0.05, 0) is 12.8 Å². The lowest BCUT2D eigenvalue weighted by atomic mass is 9.98. The molecule has 1 aliphatic carbocycles. The third-order valence-corrected chi connectivity index (χ3v) is 2.56. The van der Waals surface area contributed by atoms with Crippen molar-refractivity contribution in [2.24, 2.45) is 0 Å². The zero-order valence-electron chi connectivity index (χ0n) is 9.01. The summed E-state index contributed by atoms with van der Waals surface area (Å²) < 4.78 is 5.77. The molecule has 0 aliphatic heterocycles. The Hall–Kier alpha value is -0.0800. The maximum absolute atomic E-state index is 5.77. The molecule has 1 aliphatic rings. The molecule has 78 valence electrons. The quantitative estimate of drug-likeness (QED) is 0.664. The lowest BCUT2D eigenvalue weighted by molar-refractivity contribution is 0.0297. The first kappa shape index (κ1) is 11.0. The fourth-order valence-electron chi connectivity index (χ4n) is 1.80. The van der Waals surface area contributed by atoms with Crippen LogP contribution in [-0.4, -0.2) is 25.3 Å². The zero-order valence-corrected chi connectivity index (χ0v) is 9.01. The van der Waals surface area contributed by atoms with Gasteiger partial charge in [0.1, 0.15) is 0 Å². The summed E-state index contributed by atoms with van der Waals surface area (Å²) in [5, 5.41) is 3.36. The number of hydrogen-bond donors (Lipinski definition) is 1. The van der Waals surface area contributed by atoms with Gasteiger partial charge in [0.2, 0.25) is 0 Å². The topological polar surface area (TPSA) is 21.3 Å². The van der Waals surface area contributed by atoms with Gasteiger partial charge in [0.05, 0.1) is 12.7 Å². The SMILES string of the molecule is CC(C)NCCOC1CCCCC1. The summed E-state index contributed by atoms with van der Waals surface area (Å²) in [5.41, 5.74) is 0. The van der Waals surface area contributed by atoms with E-state index in [4.69, 9.17) is 4.74 Å². The first-order valence-corrected chi connectivity index (χ1v) is 5.64. The number of nitrogens with one attached hydrogen (secondary N) is 1. The molecular weight excluding hydrogens is 162 g/mol. The molecule has 1 saturated carbocycles. The van der Waals surface area contributed by atoms with Gasteiger partial charge in [-0.3, -0.25) is 0 Å². The molecule has 0 amide bonds. The van der Waals surface area contributed by atoms with Crippen LogP contribution in [0, 0.1) is 0 Å². The molecule has 0 aromatic carbocycles. The summed E-state index contributed by atoms with van der Waals surface area (Å²) in [6, 6.07) is 0.579. The van der Waals surface area contributed by atoms with Gasteiger partial charge in [-0.25, -0.2) is 0 Å². The van der Waals surface area contributed by atoms with Crippen LogP contribution in [0.5, 0.6) is 0 Å². The van der Waals surface area contributed by atoms with Gasteiger partial charge in [-0.2, -0.15) is 0 Å². The Kier molecular flexibility index (Phi) is 5.40. The van der Waals surface area contributed by atoms with Crippen molar-refractivity contribution in [1.29, 1.82) is 0 Å². The minimum absolute atomic E-state index is 0.558. The molecule has 2 heteroatoms. The van der Waals surface area contributed by atoms with Gasteiger partial charge < -0.3 is 10.1 Å². The monoisotopic (exact) mass is 185 g/mol. The average Bonchev–Trinajstić information content (AvgIpc) is 2.14. The van der Waals surface area contributed by atoms with E-state index >= 15 is 0 Å². The zero-order chi connectivity index (χ0) is 9.52. The molecule has 0 unspecified atom stereocenters. The molecule has 0 spiro atoms. The van der Waals surface area contributed by atoms with Gasteiger partial charge in [0.25, 0.3) is 0 Å². The molecule has 1 N–H and O–H groups in total. The first-order chi connectivity index (χ1) is 6.29. The second-order valence-corrected chi connectivity index (χ2v) is 4.24. The van der Waals surface area contributed by atoms with Crippen molar-refractivity contribution in [2.45, 2.75) is 58.1 Å². The predicted octanol–water partition coefficient (Wildman–Crippen LogP) is 2.33. The predicted molar refractivity (Wildman–Crippen MR) is 56.0 cm³/mol. The lowest BCUT2D eigenvalue weighted by Crippen LogP contribution is -2.29. The van der Waals surface area contributed by atoms with Crippen LogP contribution in [-0.2, 0) is 4.74 Å². The third-order valence-electron chi connectivity index (χ3n) is 2.56. The molecule has 0 saturated heterocycles. The van der Waals surface area contributed by atoms with Gasteiger partial charge in [0, 0.05) is 12.6 Å². The smallest absolute Gasteiger partial charge is 0.0594 e. The molecule has 0 bridgehead atoms. The molecule has 1 fully saturated rings. The summed E-state index contributed by atoms with van der Waals surface area (Å²) in [6.07, 6.45) is 7.25. The van der Waals surface area contributed by atoms with Crippen LogP contribution in [0.2, 0.25) is 0 Å². The van der Waals surface area contributed by atoms with Crippen LogP contribution in [0.15, 0.2) is 0 Å². The van der Waals surface area contributed by atoms with Crippen molar-refractivity contribution in [3.63, 3.8) is 0 Å². The highest BCUT2D eigenvalue weighted by Gasteiger charge is 2.12. The highest BCUT2D eigenvalue weighted by molar-refractivity contribution is 4.65. The van der Waals surface area contributed by atoms with E-state index in [1.54, 1.807) is 0 Å². The largest absolute Gasteiger partial charge is 0.377 e. The minimum atomic E-state index is 0.558. The van der Waals surface area contributed by atoms with Gasteiger partial charge in [-0.1, -0.05) is 33.1 Å². The normalized spacial score (nSPS) is 19.6. The Morgan fingerprint density at radius 3 is 2.54 bits per heavy atom. The fourth-order valence-corrected chi connectivity index (χ4v) is 1.80. The Morgan fingerprint density at radius 1 is 1.23 bits per heavy atom. The number of hydrogen-bond acceptors (Lipinski definition) is 2. The van der Waals surface area contributed by atoms with Gasteiger partial charge in [-0.15, -0.1) is 0 Å². The molecule has 0 atom stereocenters. The van der Waals surface area contributed by atoms with E-state index in [-0.39, 0.29) is 0 Å². The summed E-state index contributed by atoms with van der Waals surface area (Å²) in [6.45, 7) is 6.21. The second-order valence-electron chi connectivity index (χ2n) is 4.24. The van der Waals surface area contributed by atoms with Crippen LogP contribution < -0.4 is 5.32 Å². The number of ether oxygens (including phenoxy) is 1. The van der Waals surface area contributed by atoms with E-state index in [0.29, 0.717) is 12.1 Å². The molecular formula is C11H23NO. The van der Waals surface area contributed by atoms with Crippen molar-refractivity contribution in [3.8, 4) is 0 Å². The van der Waals surface area contributed by atoms with E-state index in [1.807, 2.05) is 0 Å². The Labute approximate surface area is 82.0 Å². The average molecular weight is 185 g/mol. The molecule has 13 heavy (non-hydrogen) atoms.